The highest BCUT2D eigenvalue weighted by Gasteiger charge is 2.24. The minimum Gasteiger partial charge on any atom is -0.453 e. The number of carbonyl (C=O) groups excluding carboxylic acids is 1. The first-order valence-corrected chi connectivity index (χ1v) is 8.45. The topological polar surface area (TPSA) is 64.7 Å². The Kier molecular flexibility index (Phi) is 4.74. The molecule has 0 radical (unpaired) electrons. The average Bonchev–Trinajstić information content (AvgIpc) is 2.73. The Bertz CT molecular complexity index is 763. The van der Waals surface area contributed by atoms with E-state index in [-0.39, 0.29) is 11.7 Å². The average molecular weight is 428 g/mol. The number of ether oxygens (including phenoxy) is 1. The molecule has 1 aliphatic rings. The van der Waals surface area contributed by atoms with Crippen molar-refractivity contribution < 1.29 is 14.1 Å². The van der Waals surface area contributed by atoms with E-state index in [1.165, 1.54) is 11.8 Å². The van der Waals surface area contributed by atoms with Crippen LogP contribution >= 0.6 is 22.6 Å². The largest absolute Gasteiger partial charge is 0.453 e. The number of hydrogen-bond donors (Lipinski definition) is 0. The lowest BCUT2D eigenvalue weighted by Crippen LogP contribution is -2.33. The van der Waals surface area contributed by atoms with Gasteiger partial charge in [0.15, 0.2) is 0 Å². The summed E-state index contributed by atoms with van der Waals surface area (Å²) in [6.07, 6.45) is 0.653. The maximum absolute atomic E-state index is 12.5. The van der Waals surface area contributed by atoms with Crippen LogP contribution in [0.1, 0.15) is 16.9 Å². The lowest BCUT2D eigenvalue weighted by molar-refractivity contribution is 0.124. The van der Waals surface area contributed by atoms with Gasteiger partial charge in [-0.05, 0) is 46.7 Å². The molecule has 0 bridgehead atoms. The highest BCUT2D eigenvalue weighted by Crippen LogP contribution is 2.15. The van der Waals surface area contributed by atoms with Gasteiger partial charge in [0.25, 0.3) is 5.56 Å². The number of methoxy groups -OCH3 is 1. The molecule has 0 N–H and O–H groups in total. The van der Waals surface area contributed by atoms with Crippen LogP contribution in [0.4, 0.5) is 4.79 Å². The molecule has 0 saturated heterocycles. The summed E-state index contributed by atoms with van der Waals surface area (Å²) in [7, 11) is 1.36. The van der Waals surface area contributed by atoms with E-state index in [9.17, 15) is 9.59 Å². The number of hydrogen-bond acceptors (Lipinski definition) is 4. The Morgan fingerprint density at radius 2 is 1.96 bits per heavy atom. The Labute approximate surface area is 147 Å². The second kappa shape index (κ2) is 6.77. The summed E-state index contributed by atoms with van der Waals surface area (Å²) in [4.78, 5) is 25.7. The third kappa shape index (κ3) is 3.44. The molecule has 0 aliphatic carbocycles. The van der Waals surface area contributed by atoms with Gasteiger partial charge in [-0.2, -0.15) is 4.74 Å². The van der Waals surface area contributed by atoms with Crippen molar-refractivity contribution in [2.45, 2.75) is 19.4 Å². The minimum absolute atomic E-state index is 0.106. The zero-order valence-electron chi connectivity index (χ0n) is 12.8. The number of rotatable bonds is 2. The molecular weight excluding hydrogens is 411 g/mol. The monoisotopic (exact) mass is 428 g/mol. The van der Waals surface area contributed by atoms with Gasteiger partial charge in [0.05, 0.1) is 19.2 Å². The van der Waals surface area contributed by atoms with Crippen molar-refractivity contribution in [1.82, 2.24) is 9.64 Å². The van der Waals surface area contributed by atoms with Crippen LogP contribution in [0.15, 0.2) is 33.6 Å². The van der Waals surface area contributed by atoms with Crippen LogP contribution < -0.4 is 5.56 Å². The maximum Gasteiger partial charge on any atom is 0.409 e. The van der Waals surface area contributed by atoms with E-state index in [4.69, 9.17) is 9.26 Å². The Morgan fingerprint density at radius 1 is 1.26 bits per heavy atom. The molecule has 7 heteroatoms. The van der Waals surface area contributed by atoms with E-state index >= 15 is 0 Å². The molecular formula is C16H17IN2O4. The number of carbonyl (C=O) groups is 1. The number of fused-ring (bicyclic) bond motifs is 1. The van der Waals surface area contributed by atoms with Crippen LogP contribution in [0, 0.1) is 3.57 Å². The van der Waals surface area contributed by atoms with Crippen molar-refractivity contribution in [3.8, 4) is 0 Å². The zero-order chi connectivity index (χ0) is 16.4. The highest BCUT2D eigenvalue weighted by atomic mass is 127. The predicted molar refractivity (Wildman–Crippen MR) is 92.6 cm³/mol. The molecule has 3 rings (SSSR count). The van der Waals surface area contributed by atoms with Crippen molar-refractivity contribution >= 4 is 28.7 Å². The fourth-order valence-corrected chi connectivity index (χ4v) is 3.07. The van der Waals surface area contributed by atoms with Gasteiger partial charge >= 0.3 is 6.09 Å². The molecule has 2 heterocycles. The van der Waals surface area contributed by atoms with Gasteiger partial charge in [-0.1, -0.05) is 12.1 Å². The fraction of sp³-hybridized carbons (Fsp3) is 0.375. The molecule has 0 fully saturated rings. The summed E-state index contributed by atoms with van der Waals surface area (Å²) < 4.78 is 13.0. The van der Waals surface area contributed by atoms with E-state index in [1.807, 2.05) is 24.3 Å². The molecule has 0 unspecified atom stereocenters. The van der Waals surface area contributed by atoms with E-state index < -0.39 is 0 Å². The quantitative estimate of drug-likeness (QED) is 0.689. The van der Waals surface area contributed by atoms with Gasteiger partial charge in [-0.15, -0.1) is 0 Å². The number of nitrogens with zero attached hydrogens (tertiary/aromatic N) is 2. The first-order valence-electron chi connectivity index (χ1n) is 7.37. The first-order chi connectivity index (χ1) is 11.1. The lowest BCUT2D eigenvalue weighted by Gasteiger charge is -2.17. The molecule has 0 spiro atoms. The second-order valence-electron chi connectivity index (χ2n) is 5.42. The van der Waals surface area contributed by atoms with Crippen LogP contribution in [0.2, 0.25) is 0 Å². The van der Waals surface area contributed by atoms with Crippen LogP contribution in [-0.4, -0.2) is 35.9 Å². The van der Waals surface area contributed by atoms with Gasteiger partial charge < -0.3 is 14.2 Å². The Balaban J connectivity index is 1.79. The lowest BCUT2D eigenvalue weighted by atomic mass is 10.2. The van der Waals surface area contributed by atoms with Crippen molar-refractivity contribution in [2.75, 3.05) is 20.2 Å². The first kappa shape index (κ1) is 16.1. The predicted octanol–water partition coefficient (Wildman–Crippen LogP) is 2.26. The van der Waals surface area contributed by atoms with Crippen molar-refractivity contribution in [3.63, 3.8) is 0 Å². The van der Waals surface area contributed by atoms with E-state index in [0.717, 1.165) is 9.13 Å². The minimum atomic E-state index is -0.366. The van der Waals surface area contributed by atoms with Crippen LogP contribution in [-0.2, 0) is 24.1 Å². The third-order valence-corrected chi connectivity index (χ3v) is 4.67. The van der Waals surface area contributed by atoms with Gasteiger partial charge in [0.2, 0.25) is 0 Å². The van der Waals surface area contributed by atoms with Crippen molar-refractivity contribution in [3.05, 3.63) is 55.1 Å². The van der Waals surface area contributed by atoms with Crippen LogP contribution in [0.25, 0.3) is 0 Å². The summed E-state index contributed by atoms with van der Waals surface area (Å²) >= 11 is 2.24. The van der Waals surface area contributed by atoms with Crippen molar-refractivity contribution in [1.29, 1.82) is 0 Å². The van der Waals surface area contributed by atoms with E-state index in [1.54, 1.807) is 4.90 Å². The Morgan fingerprint density at radius 3 is 2.65 bits per heavy atom. The fourth-order valence-electron chi connectivity index (χ4n) is 2.71. The summed E-state index contributed by atoms with van der Waals surface area (Å²) in [6.45, 7) is 1.39. The smallest absolute Gasteiger partial charge is 0.409 e. The second-order valence-corrected chi connectivity index (χ2v) is 6.66. The van der Waals surface area contributed by atoms with E-state index in [2.05, 4.69) is 22.6 Å². The van der Waals surface area contributed by atoms with Gasteiger partial charge in [-0.25, -0.2) is 4.79 Å². The number of halogens is 1. The SMILES string of the molecule is COC(=O)N1CCc2on(Cc3ccc(I)cc3)c(=O)c2CC1. The molecule has 6 nitrogen and oxygen atoms in total. The molecule has 0 saturated carbocycles. The maximum atomic E-state index is 12.5. The van der Waals surface area contributed by atoms with Crippen LogP contribution in [0.5, 0.6) is 0 Å². The van der Waals surface area contributed by atoms with Crippen LogP contribution in [0.3, 0.4) is 0 Å². The summed E-state index contributed by atoms with van der Waals surface area (Å²) in [5.74, 6) is 0.673. The summed E-state index contributed by atoms with van der Waals surface area (Å²) in [6, 6.07) is 7.98. The summed E-state index contributed by atoms with van der Waals surface area (Å²) in [5.41, 5.74) is 1.58. The Hall–Kier alpha value is -1.77. The molecule has 1 aromatic heterocycles. The molecule has 0 atom stereocenters. The molecule has 1 aliphatic heterocycles. The highest BCUT2D eigenvalue weighted by molar-refractivity contribution is 14.1. The normalized spacial score (nSPS) is 14.3. The molecule has 2 aromatic rings. The molecule has 1 aromatic carbocycles. The molecule has 23 heavy (non-hydrogen) atoms. The number of aromatic nitrogens is 1. The number of benzene rings is 1. The van der Waals surface area contributed by atoms with Gasteiger partial charge in [0, 0.05) is 23.1 Å². The van der Waals surface area contributed by atoms with Crippen molar-refractivity contribution in [2.24, 2.45) is 0 Å². The zero-order valence-corrected chi connectivity index (χ0v) is 14.9. The summed E-state index contributed by atoms with van der Waals surface area (Å²) in [5, 5.41) is 0. The standard InChI is InChI=1S/C16H17IN2O4/c1-22-16(21)18-8-6-13-14(7-9-18)23-19(15(13)20)10-11-2-4-12(17)5-3-11/h2-5H,6-10H2,1H3. The van der Waals surface area contributed by atoms with Gasteiger partial charge in [-0.3, -0.25) is 4.79 Å². The van der Waals surface area contributed by atoms with E-state index in [0.29, 0.717) is 43.8 Å². The molecule has 1 amide bonds. The molecule has 122 valence electrons. The third-order valence-electron chi connectivity index (χ3n) is 3.95. The number of amides is 1. The van der Waals surface area contributed by atoms with Gasteiger partial charge in [0.1, 0.15) is 5.76 Å².